The Balaban J connectivity index is 1.68. The van der Waals surface area contributed by atoms with Crippen molar-refractivity contribution in [2.24, 2.45) is 0 Å². The van der Waals surface area contributed by atoms with Crippen molar-refractivity contribution < 1.29 is 44.6 Å². The maximum Gasteiger partial charge on any atom is 0.430 e. The fourth-order valence-electron chi connectivity index (χ4n) is 4.28. The fraction of sp³-hybridized carbons (Fsp3) is 0.524. The summed E-state index contributed by atoms with van der Waals surface area (Å²) >= 11 is 1.08. The minimum Gasteiger partial charge on any atom is -0.379 e. The molecule has 1 aromatic carbocycles. The molecule has 0 spiro atoms. The van der Waals surface area contributed by atoms with E-state index in [1.54, 1.807) is 23.3 Å². The number of rotatable bonds is 5. The summed E-state index contributed by atoms with van der Waals surface area (Å²) in [6.07, 6.45) is -12.0. The Bertz CT molecular complexity index is 1160. The summed E-state index contributed by atoms with van der Waals surface area (Å²) in [5.41, 5.74) is -6.70. The molecule has 0 aliphatic carbocycles. The van der Waals surface area contributed by atoms with Crippen molar-refractivity contribution in [1.29, 1.82) is 0 Å². The Morgan fingerprint density at radius 1 is 1.00 bits per heavy atom. The normalized spacial score (nSPS) is 20.1. The maximum atomic E-state index is 13.5. The van der Waals surface area contributed by atoms with Gasteiger partial charge in [-0.05, 0) is 29.1 Å². The third-order valence-electron chi connectivity index (χ3n) is 6.39. The summed E-state index contributed by atoms with van der Waals surface area (Å²) in [5.74, 6) is 0. The number of hydrogen-bond acceptors (Lipinski definition) is 6. The summed E-state index contributed by atoms with van der Waals surface area (Å²) in [4.78, 5) is 1.73. The van der Waals surface area contributed by atoms with Crippen LogP contribution in [0, 0.1) is 0 Å². The second-order valence-corrected chi connectivity index (χ2v) is 11.9. The number of piperazine rings is 1. The van der Waals surface area contributed by atoms with Crippen LogP contribution in [0.4, 0.5) is 32.0 Å². The van der Waals surface area contributed by atoms with Gasteiger partial charge in [-0.2, -0.15) is 30.6 Å². The first kappa shape index (κ1) is 26.2. The lowest BCUT2D eigenvalue weighted by Crippen LogP contribution is -2.54. The van der Waals surface area contributed by atoms with Gasteiger partial charge in [0.15, 0.2) is 0 Å². The van der Waals surface area contributed by atoms with Crippen LogP contribution in [-0.4, -0.2) is 69.6 Å². The van der Waals surface area contributed by atoms with Crippen molar-refractivity contribution in [3.05, 3.63) is 46.8 Å². The van der Waals surface area contributed by atoms with Gasteiger partial charge >= 0.3 is 12.4 Å². The molecule has 194 valence electrons. The van der Waals surface area contributed by atoms with Crippen LogP contribution in [0.3, 0.4) is 0 Å². The summed E-state index contributed by atoms with van der Waals surface area (Å²) < 4.78 is 113. The zero-order chi connectivity index (χ0) is 25.9. The van der Waals surface area contributed by atoms with Gasteiger partial charge < -0.3 is 14.7 Å². The molecule has 14 heteroatoms. The van der Waals surface area contributed by atoms with Crippen LogP contribution >= 0.6 is 11.3 Å². The van der Waals surface area contributed by atoms with E-state index in [0.29, 0.717) is 11.8 Å². The number of hydrogen-bond donors (Lipinski definition) is 1. The van der Waals surface area contributed by atoms with Crippen LogP contribution in [0.5, 0.6) is 0 Å². The van der Waals surface area contributed by atoms with Gasteiger partial charge in [0.25, 0.3) is 15.6 Å². The van der Waals surface area contributed by atoms with E-state index in [1.165, 1.54) is 10.4 Å². The van der Waals surface area contributed by atoms with E-state index < -0.39 is 39.0 Å². The van der Waals surface area contributed by atoms with E-state index in [0.717, 1.165) is 23.5 Å². The lowest BCUT2D eigenvalue weighted by atomic mass is 9.77. The number of ether oxygens (including phenoxy) is 1. The van der Waals surface area contributed by atoms with E-state index in [2.05, 4.69) is 0 Å². The highest BCUT2D eigenvalue weighted by Crippen LogP contribution is 2.51. The first-order valence-electron chi connectivity index (χ1n) is 10.5. The van der Waals surface area contributed by atoms with Crippen LogP contribution in [0.1, 0.15) is 18.1 Å². The molecule has 6 nitrogen and oxygen atoms in total. The van der Waals surface area contributed by atoms with Gasteiger partial charge in [0.2, 0.25) is 0 Å². The fourth-order valence-corrected chi connectivity index (χ4v) is 6.85. The molecule has 2 aliphatic rings. The summed E-state index contributed by atoms with van der Waals surface area (Å²) in [6, 6.07) is 5.60. The molecule has 2 saturated heterocycles. The van der Waals surface area contributed by atoms with Gasteiger partial charge in [-0.15, -0.1) is 11.3 Å². The SMILES string of the molecule is CC1(c2cc(C(O)(C(F)(F)F)C(F)(F)F)ccc2N2CCN(S(=O)(=O)c3cccs3)CC2)COC1. The quantitative estimate of drug-likeness (QED) is 0.580. The molecule has 4 rings (SSSR count). The molecule has 0 unspecified atom stereocenters. The third kappa shape index (κ3) is 4.32. The number of anilines is 1. The highest BCUT2D eigenvalue weighted by molar-refractivity contribution is 7.91. The van der Waals surface area contributed by atoms with Crippen LogP contribution in [0.15, 0.2) is 39.9 Å². The molecule has 0 amide bonds. The monoisotopic (exact) mass is 544 g/mol. The number of aliphatic hydroxyl groups is 1. The van der Waals surface area contributed by atoms with Crippen molar-refractivity contribution in [3.8, 4) is 0 Å². The van der Waals surface area contributed by atoms with Gasteiger partial charge in [-0.25, -0.2) is 8.42 Å². The van der Waals surface area contributed by atoms with E-state index in [4.69, 9.17) is 4.74 Å². The molecule has 3 heterocycles. The Labute approximate surface area is 201 Å². The number of thiophene rings is 1. The molecule has 35 heavy (non-hydrogen) atoms. The lowest BCUT2D eigenvalue weighted by Gasteiger charge is -2.44. The molecule has 0 atom stereocenters. The molecule has 0 radical (unpaired) electrons. The molecule has 2 aromatic rings. The van der Waals surface area contributed by atoms with Gasteiger partial charge in [0.05, 0.1) is 13.2 Å². The lowest BCUT2D eigenvalue weighted by molar-refractivity contribution is -0.376. The van der Waals surface area contributed by atoms with Crippen molar-refractivity contribution >= 4 is 27.0 Å². The van der Waals surface area contributed by atoms with Gasteiger partial charge in [-0.1, -0.05) is 19.1 Å². The highest BCUT2D eigenvalue weighted by atomic mass is 32.2. The zero-order valence-corrected chi connectivity index (χ0v) is 20.0. The van der Waals surface area contributed by atoms with Gasteiger partial charge in [0.1, 0.15) is 4.21 Å². The number of halogens is 6. The number of sulfonamides is 1. The van der Waals surface area contributed by atoms with Crippen molar-refractivity contribution in [2.45, 2.75) is 34.5 Å². The minimum absolute atomic E-state index is 0.0760. The standard InChI is InChI=1S/C21H22F6N2O4S2/c1-18(12-33-13-18)15-11-14(19(30,20(22,23)24)21(25,26)27)4-5-16(15)28-6-8-29(9-7-28)35(31,32)17-3-2-10-34-17/h2-5,10-11,30H,6-9,12-13H2,1H3. The largest absolute Gasteiger partial charge is 0.430 e. The van der Waals surface area contributed by atoms with Crippen LogP contribution < -0.4 is 4.90 Å². The van der Waals surface area contributed by atoms with Crippen molar-refractivity contribution in [1.82, 2.24) is 4.31 Å². The summed E-state index contributed by atoms with van der Waals surface area (Å²) in [7, 11) is -3.69. The van der Waals surface area contributed by atoms with Gasteiger partial charge in [0, 0.05) is 42.8 Å². The molecule has 0 saturated carbocycles. The second kappa shape index (κ2) is 8.61. The van der Waals surface area contributed by atoms with E-state index in [-0.39, 0.29) is 49.2 Å². The van der Waals surface area contributed by atoms with Crippen molar-refractivity contribution in [2.75, 3.05) is 44.3 Å². The molecule has 1 N–H and O–H groups in total. The first-order valence-corrected chi connectivity index (χ1v) is 12.8. The molecule has 2 aliphatic heterocycles. The Hall–Kier alpha value is -1.87. The van der Waals surface area contributed by atoms with Crippen molar-refractivity contribution in [3.63, 3.8) is 0 Å². The molecule has 1 aromatic heterocycles. The average molecular weight is 545 g/mol. The number of nitrogens with zero attached hydrogens (tertiary/aromatic N) is 2. The zero-order valence-electron chi connectivity index (χ0n) is 18.4. The highest BCUT2D eigenvalue weighted by Gasteiger charge is 2.71. The number of benzene rings is 1. The topological polar surface area (TPSA) is 70.1 Å². The summed E-state index contributed by atoms with van der Waals surface area (Å²) in [6.45, 7) is 2.33. The van der Waals surface area contributed by atoms with Crippen LogP contribution in [0.25, 0.3) is 0 Å². The number of alkyl halides is 6. The average Bonchev–Trinajstić information content (AvgIpc) is 3.31. The smallest absolute Gasteiger partial charge is 0.379 e. The minimum atomic E-state index is -6.00. The van der Waals surface area contributed by atoms with E-state index >= 15 is 0 Å². The van der Waals surface area contributed by atoms with Crippen LogP contribution in [-0.2, 0) is 25.8 Å². The van der Waals surface area contributed by atoms with E-state index in [9.17, 15) is 39.9 Å². The molecular weight excluding hydrogens is 522 g/mol. The Kier molecular flexibility index (Phi) is 6.45. The van der Waals surface area contributed by atoms with E-state index in [1.807, 2.05) is 0 Å². The summed E-state index contributed by atoms with van der Waals surface area (Å²) in [5, 5.41) is 11.5. The predicted octanol–water partition coefficient (Wildman–Crippen LogP) is 3.86. The van der Waals surface area contributed by atoms with Gasteiger partial charge in [-0.3, -0.25) is 0 Å². The molecule has 2 fully saturated rings. The molecular formula is C21H22F6N2O4S2. The third-order valence-corrected chi connectivity index (χ3v) is 9.67. The second-order valence-electron chi connectivity index (χ2n) is 8.81. The first-order chi connectivity index (χ1) is 16.1. The maximum absolute atomic E-state index is 13.5. The van der Waals surface area contributed by atoms with Crippen LogP contribution in [0.2, 0.25) is 0 Å². The Morgan fingerprint density at radius 2 is 1.60 bits per heavy atom. The molecule has 0 bridgehead atoms. The predicted molar refractivity (Wildman–Crippen MR) is 116 cm³/mol. The Morgan fingerprint density at radius 3 is 2.06 bits per heavy atom.